The van der Waals surface area contributed by atoms with Crippen LogP contribution in [-0.2, 0) is 0 Å². The van der Waals surface area contributed by atoms with Gasteiger partial charge in [-0.15, -0.1) is 5.12 Å². The minimum absolute atomic E-state index is 0.251. The van der Waals surface area contributed by atoms with Crippen LogP contribution < -0.4 is 10.0 Å². The van der Waals surface area contributed by atoms with Crippen LogP contribution in [0.15, 0.2) is 36.5 Å². The molecule has 6 heteroatoms. The molecule has 2 heterocycles. The van der Waals surface area contributed by atoms with Crippen LogP contribution in [0.25, 0.3) is 0 Å². The first-order valence-corrected chi connectivity index (χ1v) is 6.49. The Morgan fingerprint density at radius 3 is 2.58 bits per heavy atom. The number of hydrazine groups is 2. The fourth-order valence-corrected chi connectivity index (χ4v) is 2.48. The lowest BCUT2D eigenvalue weighted by molar-refractivity contribution is 0.301. The number of para-hydroxylation sites is 2. The molecular weight excluding hydrogens is 262 g/mol. The normalized spacial score (nSPS) is 14.9. The lowest BCUT2D eigenvalue weighted by Crippen LogP contribution is -2.44. The molecule has 0 saturated heterocycles. The average Bonchev–Trinajstić information content (AvgIpc) is 2.72. The Labute approximate surface area is 117 Å². The number of hydrogen-bond acceptors (Lipinski definition) is 5. The van der Waals surface area contributed by atoms with E-state index in [1.807, 2.05) is 30.3 Å². The van der Waals surface area contributed by atoms with E-state index in [-0.39, 0.29) is 5.28 Å². The molecule has 1 aromatic heterocycles. The Bertz CT molecular complexity index is 603. The minimum Gasteiger partial charge on any atom is -0.289 e. The summed E-state index contributed by atoms with van der Waals surface area (Å²) in [4.78, 5) is 8.23. The van der Waals surface area contributed by atoms with E-state index in [1.54, 1.807) is 6.20 Å². The van der Waals surface area contributed by atoms with Crippen LogP contribution in [0, 0.1) is 0 Å². The van der Waals surface area contributed by atoms with Crippen molar-refractivity contribution in [2.75, 3.05) is 23.6 Å². The van der Waals surface area contributed by atoms with Crippen molar-refractivity contribution in [3.8, 4) is 0 Å². The van der Waals surface area contributed by atoms with E-state index in [1.165, 1.54) is 0 Å². The van der Waals surface area contributed by atoms with Gasteiger partial charge in [0.05, 0.1) is 11.4 Å². The largest absolute Gasteiger partial charge is 0.289 e. The molecule has 1 aliphatic rings. The molecule has 2 aromatic rings. The SMILES string of the molecule is CCN1N(C)c2ccccc2N1c1ccnc(Cl)n1. The quantitative estimate of drug-likeness (QED) is 0.788. The smallest absolute Gasteiger partial charge is 0.224 e. The molecule has 3 rings (SSSR count). The van der Waals surface area contributed by atoms with Gasteiger partial charge in [0, 0.05) is 25.9 Å². The summed E-state index contributed by atoms with van der Waals surface area (Å²) in [5.74, 6) is 0.763. The van der Waals surface area contributed by atoms with Crippen molar-refractivity contribution in [2.45, 2.75) is 6.92 Å². The van der Waals surface area contributed by atoms with E-state index in [9.17, 15) is 0 Å². The van der Waals surface area contributed by atoms with E-state index in [2.05, 4.69) is 39.2 Å². The highest BCUT2D eigenvalue weighted by Gasteiger charge is 2.32. The molecule has 0 amide bonds. The second-order valence-electron chi connectivity index (χ2n) is 4.20. The van der Waals surface area contributed by atoms with Crippen molar-refractivity contribution in [2.24, 2.45) is 0 Å². The third kappa shape index (κ3) is 1.91. The van der Waals surface area contributed by atoms with Crippen LogP contribution in [0.1, 0.15) is 6.92 Å². The molecule has 0 saturated carbocycles. The van der Waals surface area contributed by atoms with Gasteiger partial charge in [-0.1, -0.05) is 12.1 Å². The van der Waals surface area contributed by atoms with E-state index in [4.69, 9.17) is 11.6 Å². The van der Waals surface area contributed by atoms with Gasteiger partial charge in [-0.2, -0.15) is 4.98 Å². The predicted molar refractivity (Wildman–Crippen MR) is 76.4 cm³/mol. The number of aromatic nitrogens is 2. The Morgan fingerprint density at radius 1 is 1.16 bits per heavy atom. The van der Waals surface area contributed by atoms with Gasteiger partial charge in [-0.05, 0) is 30.7 Å². The first-order valence-electron chi connectivity index (χ1n) is 6.11. The zero-order valence-electron chi connectivity index (χ0n) is 10.8. The van der Waals surface area contributed by atoms with Crippen LogP contribution in [0.3, 0.4) is 0 Å². The van der Waals surface area contributed by atoms with Crippen molar-refractivity contribution in [3.05, 3.63) is 41.8 Å². The standard InChI is InChI=1S/C13H14ClN5/c1-3-18-17(2)10-6-4-5-7-11(10)19(18)12-8-9-15-13(14)16-12/h4-9H,3H2,1-2H3. The third-order valence-corrected chi connectivity index (χ3v) is 3.33. The van der Waals surface area contributed by atoms with Crippen molar-refractivity contribution < 1.29 is 0 Å². The second kappa shape index (κ2) is 4.68. The van der Waals surface area contributed by atoms with E-state index in [0.717, 1.165) is 23.7 Å². The molecule has 0 bridgehead atoms. The number of benzene rings is 1. The summed E-state index contributed by atoms with van der Waals surface area (Å²) in [6.07, 6.45) is 1.67. The summed E-state index contributed by atoms with van der Waals surface area (Å²) in [6, 6.07) is 10.0. The number of hydrogen-bond donors (Lipinski definition) is 0. The Hall–Kier alpha value is -1.85. The van der Waals surface area contributed by atoms with E-state index in [0.29, 0.717) is 0 Å². The van der Waals surface area contributed by atoms with Crippen LogP contribution in [0.2, 0.25) is 5.28 Å². The van der Waals surface area contributed by atoms with Gasteiger partial charge in [-0.25, -0.2) is 9.99 Å². The molecule has 0 radical (unpaired) electrons. The maximum absolute atomic E-state index is 5.90. The lowest BCUT2D eigenvalue weighted by atomic mass is 10.2. The van der Waals surface area contributed by atoms with E-state index < -0.39 is 0 Å². The molecule has 98 valence electrons. The fourth-order valence-electron chi connectivity index (χ4n) is 2.34. The Kier molecular flexibility index (Phi) is 3.00. The zero-order valence-corrected chi connectivity index (χ0v) is 11.5. The summed E-state index contributed by atoms with van der Waals surface area (Å²) < 4.78 is 0. The monoisotopic (exact) mass is 275 g/mol. The predicted octanol–water partition coefficient (Wildman–Crippen LogP) is 2.87. The number of halogens is 1. The van der Waals surface area contributed by atoms with Crippen molar-refractivity contribution in [1.29, 1.82) is 0 Å². The number of anilines is 3. The minimum atomic E-state index is 0.251. The number of fused-ring (bicyclic) bond motifs is 1. The van der Waals surface area contributed by atoms with Gasteiger partial charge >= 0.3 is 0 Å². The number of rotatable bonds is 2. The summed E-state index contributed by atoms with van der Waals surface area (Å²) in [5, 5.41) is 6.50. The van der Waals surface area contributed by atoms with E-state index >= 15 is 0 Å². The molecule has 0 fully saturated rings. The van der Waals surface area contributed by atoms with Gasteiger partial charge < -0.3 is 0 Å². The van der Waals surface area contributed by atoms with Crippen LogP contribution in [-0.4, -0.2) is 28.7 Å². The molecule has 0 spiro atoms. The van der Waals surface area contributed by atoms with Crippen molar-refractivity contribution in [1.82, 2.24) is 15.1 Å². The topological polar surface area (TPSA) is 35.5 Å². The van der Waals surface area contributed by atoms with Gasteiger partial charge in [0.25, 0.3) is 0 Å². The highest BCUT2D eigenvalue weighted by Crippen LogP contribution is 2.41. The summed E-state index contributed by atoms with van der Waals surface area (Å²) in [7, 11) is 2.03. The van der Waals surface area contributed by atoms with Crippen molar-refractivity contribution >= 4 is 28.8 Å². The van der Waals surface area contributed by atoms with Crippen LogP contribution >= 0.6 is 11.6 Å². The van der Waals surface area contributed by atoms with Gasteiger partial charge in [0.1, 0.15) is 0 Å². The Balaban J connectivity index is 2.13. The molecule has 19 heavy (non-hydrogen) atoms. The van der Waals surface area contributed by atoms with Crippen molar-refractivity contribution in [3.63, 3.8) is 0 Å². The number of nitrogens with zero attached hydrogens (tertiary/aromatic N) is 5. The molecule has 5 nitrogen and oxygen atoms in total. The third-order valence-electron chi connectivity index (χ3n) is 3.15. The highest BCUT2D eigenvalue weighted by atomic mass is 35.5. The van der Waals surface area contributed by atoms with Gasteiger partial charge in [-0.3, -0.25) is 5.01 Å². The van der Waals surface area contributed by atoms with Crippen LogP contribution in [0.4, 0.5) is 17.2 Å². The lowest BCUT2D eigenvalue weighted by Gasteiger charge is -2.31. The maximum atomic E-state index is 5.90. The fraction of sp³-hybridized carbons (Fsp3) is 0.231. The molecule has 0 atom stereocenters. The summed E-state index contributed by atoms with van der Waals surface area (Å²) in [5.41, 5.74) is 2.22. The maximum Gasteiger partial charge on any atom is 0.224 e. The molecule has 1 aromatic carbocycles. The molecule has 1 aliphatic heterocycles. The van der Waals surface area contributed by atoms with Crippen LogP contribution in [0.5, 0.6) is 0 Å². The average molecular weight is 276 g/mol. The Morgan fingerprint density at radius 2 is 1.89 bits per heavy atom. The highest BCUT2D eigenvalue weighted by molar-refractivity contribution is 6.28. The first kappa shape index (κ1) is 12.2. The van der Waals surface area contributed by atoms with Gasteiger partial charge in [0.2, 0.25) is 5.28 Å². The zero-order chi connectivity index (χ0) is 13.4. The molecule has 0 unspecified atom stereocenters. The molecular formula is C13H14ClN5. The first-order chi connectivity index (χ1) is 9.22. The summed E-state index contributed by atoms with van der Waals surface area (Å²) in [6.45, 7) is 2.92. The molecule has 0 N–H and O–H groups in total. The second-order valence-corrected chi connectivity index (χ2v) is 4.53. The molecule has 0 aliphatic carbocycles. The van der Waals surface area contributed by atoms with Gasteiger partial charge in [0.15, 0.2) is 5.82 Å². The summed E-state index contributed by atoms with van der Waals surface area (Å²) >= 11 is 5.90.